The van der Waals surface area contributed by atoms with Gasteiger partial charge in [-0.25, -0.2) is 0 Å². The molecule has 2 N–H and O–H groups in total. The number of ether oxygens (including phenoxy) is 1. The minimum Gasteiger partial charge on any atom is -0.496 e. The average molecular weight is 219 g/mol. The molecule has 1 aliphatic rings. The van der Waals surface area contributed by atoms with Gasteiger partial charge >= 0.3 is 0 Å². The molecular weight excluding hydrogens is 198 g/mol. The Morgan fingerprint density at radius 1 is 1.38 bits per heavy atom. The smallest absolute Gasteiger partial charge is 0.122 e. The van der Waals surface area contributed by atoms with Gasteiger partial charge in [-0.2, -0.15) is 0 Å². The Hall–Kier alpha value is -1.02. The Morgan fingerprint density at radius 2 is 2.06 bits per heavy atom. The molecule has 0 radical (unpaired) electrons. The zero-order valence-corrected chi connectivity index (χ0v) is 10.4. The van der Waals surface area contributed by atoms with Gasteiger partial charge in [-0.15, -0.1) is 0 Å². The largest absolute Gasteiger partial charge is 0.496 e. The summed E-state index contributed by atoms with van der Waals surface area (Å²) in [5.41, 5.74) is 8.77. The summed E-state index contributed by atoms with van der Waals surface area (Å²) in [7, 11) is 1.74. The normalized spacial score (nSPS) is 17.6. The van der Waals surface area contributed by atoms with Gasteiger partial charge in [0.25, 0.3) is 0 Å². The predicted octanol–water partition coefficient (Wildman–Crippen LogP) is 2.85. The molecule has 2 heteroatoms. The van der Waals surface area contributed by atoms with Gasteiger partial charge in [0.05, 0.1) is 7.11 Å². The van der Waals surface area contributed by atoms with Gasteiger partial charge in [0.1, 0.15) is 5.75 Å². The van der Waals surface area contributed by atoms with E-state index in [9.17, 15) is 0 Å². The van der Waals surface area contributed by atoms with E-state index in [2.05, 4.69) is 32.0 Å². The summed E-state index contributed by atoms with van der Waals surface area (Å²) < 4.78 is 5.44. The molecule has 2 rings (SSSR count). The molecule has 0 aliphatic heterocycles. The van der Waals surface area contributed by atoms with Crippen molar-refractivity contribution < 1.29 is 4.74 Å². The van der Waals surface area contributed by atoms with E-state index in [0.29, 0.717) is 5.92 Å². The minimum atomic E-state index is 0.0738. The van der Waals surface area contributed by atoms with Crippen molar-refractivity contribution in [2.24, 2.45) is 5.73 Å². The van der Waals surface area contributed by atoms with Crippen LogP contribution in [0.1, 0.15) is 43.7 Å². The van der Waals surface area contributed by atoms with E-state index in [4.69, 9.17) is 10.5 Å². The zero-order valence-electron chi connectivity index (χ0n) is 10.4. The fraction of sp³-hybridized carbons (Fsp3) is 0.571. The molecule has 88 valence electrons. The average Bonchev–Trinajstić information content (AvgIpc) is 2.95. The summed E-state index contributed by atoms with van der Waals surface area (Å²) >= 11 is 0. The molecule has 0 atom stereocenters. The van der Waals surface area contributed by atoms with Crippen molar-refractivity contribution in [3.63, 3.8) is 0 Å². The molecule has 0 aromatic heterocycles. The molecular formula is C14H21NO. The highest BCUT2D eigenvalue weighted by Crippen LogP contribution is 2.37. The van der Waals surface area contributed by atoms with E-state index in [1.807, 2.05) is 0 Å². The molecule has 1 aromatic rings. The lowest BCUT2D eigenvalue weighted by Crippen LogP contribution is -2.24. The molecule has 0 amide bonds. The van der Waals surface area contributed by atoms with Gasteiger partial charge in [-0.3, -0.25) is 0 Å². The van der Waals surface area contributed by atoms with Gasteiger partial charge in [0, 0.05) is 5.54 Å². The van der Waals surface area contributed by atoms with Gasteiger partial charge in [0.2, 0.25) is 0 Å². The van der Waals surface area contributed by atoms with E-state index in [-0.39, 0.29) is 5.54 Å². The van der Waals surface area contributed by atoms with Gasteiger partial charge < -0.3 is 10.5 Å². The number of hydrogen-bond acceptors (Lipinski definition) is 2. The molecule has 0 unspecified atom stereocenters. The van der Waals surface area contributed by atoms with Crippen LogP contribution in [-0.4, -0.2) is 12.6 Å². The second kappa shape index (κ2) is 4.10. The number of benzene rings is 1. The van der Waals surface area contributed by atoms with Crippen LogP contribution in [0.3, 0.4) is 0 Å². The van der Waals surface area contributed by atoms with E-state index >= 15 is 0 Å². The highest BCUT2D eigenvalue weighted by atomic mass is 16.5. The van der Waals surface area contributed by atoms with Crippen LogP contribution in [0, 0.1) is 0 Å². The Morgan fingerprint density at radius 3 is 2.56 bits per heavy atom. The SMILES string of the molecule is COc1cc(CC2(N)CC2)ccc1C(C)C. The topological polar surface area (TPSA) is 35.2 Å². The molecule has 1 aliphatic carbocycles. The number of methoxy groups -OCH3 is 1. The van der Waals surface area contributed by atoms with Crippen LogP contribution in [0.4, 0.5) is 0 Å². The zero-order chi connectivity index (χ0) is 11.8. The van der Waals surface area contributed by atoms with Crippen LogP contribution in [-0.2, 0) is 6.42 Å². The first-order chi connectivity index (χ1) is 7.54. The first-order valence-corrected chi connectivity index (χ1v) is 6.00. The first-order valence-electron chi connectivity index (χ1n) is 6.00. The lowest BCUT2D eigenvalue weighted by molar-refractivity contribution is 0.406. The Bertz CT molecular complexity index is 380. The van der Waals surface area contributed by atoms with Crippen molar-refractivity contribution in [3.05, 3.63) is 29.3 Å². The van der Waals surface area contributed by atoms with Crippen LogP contribution in [0.15, 0.2) is 18.2 Å². The monoisotopic (exact) mass is 219 g/mol. The third-order valence-electron chi connectivity index (χ3n) is 3.37. The Balaban J connectivity index is 2.22. The van der Waals surface area contributed by atoms with Gasteiger partial charge in [-0.05, 0) is 42.4 Å². The molecule has 16 heavy (non-hydrogen) atoms. The van der Waals surface area contributed by atoms with Crippen molar-refractivity contribution in [2.45, 2.75) is 44.6 Å². The lowest BCUT2D eigenvalue weighted by Gasteiger charge is -2.15. The van der Waals surface area contributed by atoms with E-state index in [1.165, 1.54) is 11.1 Å². The third kappa shape index (κ3) is 2.38. The number of nitrogens with two attached hydrogens (primary N) is 1. The summed E-state index contributed by atoms with van der Waals surface area (Å²) in [5.74, 6) is 1.49. The second-order valence-corrected chi connectivity index (χ2v) is 5.27. The van der Waals surface area contributed by atoms with Gasteiger partial charge in [0.15, 0.2) is 0 Å². The molecule has 0 saturated heterocycles. The fourth-order valence-electron chi connectivity index (χ4n) is 2.09. The highest BCUT2D eigenvalue weighted by Gasteiger charge is 2.38. The predicted molar refractivity (Wildman–Crippen MR) is 66.9 cm³/mol. The van der Waals surface area contributed by atoms with Crippen LogP contribution in [0.2, 0.25) is 0 Å². The van der Waals surface area contributed by atoms with Crippen LogP contribution in [0.5, 0.6) is 5.75 Å². The molecule has 1 aromatic carbocycles. The standard InChI is InChI=1S/C14H21NO/c1-10(2)12-5-4-11(8-13(12)16-3)9-14(15)6-7-14/h4-5,8,10H,6-7,9,15H2,1-3H3. The quantitative estimate of drug-likeness (QED) is 0.845. The Labute approximate surface area is 97.8 Å². The molecule has 2 nitrogen and oxygen atoms in total. The molecule has 1 saturated carbocycles. The summed E-state index contributed by atoms with van der Waals surface area (Å²) in [5, 5.41) is 0. The van der Waals surface area contributed by atoms with Crippen LogP contribution >= 0.6 is 0 Å². The van der Waals surface area contributed by atoms with Crippen molar-refractivity contribution in [2.75, 3.05) is 7.11 Å². The molecule has 1 fully saturated rings. The maximum Gasteiger partial charge on any atom is 0.122 e. The third-order valence-corrected chi connectivity index (χ3v) is 3.37. The minimum absolute atomic E-state index is 0.0738. The van der Waals surface area contributed by atoms with Crippen molar-refractivity contribution in [1.29, 1.82) is 0 Å². The van der Waals surface area contributed by atoms with Crippen molar-refractivity contribution in [1.82, 2.24) is 0 Å². The fourth-order valence-corrected chi connectivity index (χ4v) is 2.09. The summed E-state index contributed by atoms with van der Waals surface area (Å²) in [6.45, 7) is 4.37. The van der Waals surface area contributed by atoms with Crippen molar-refractivity contribution in [3.8, 4) is 5.75 Å². The first kappa shape index (κ1) is 11.5. The maximum absolute atomic E-state index is 6.13. The van der Waals surface area contributed by atoms with E-state index < -0.39 is 0 Å². The Kier molecular flexibility index (Phi) is 2.94. The molecule has 0 spiro atoms. The molecule has 0 heterocycles. The van der Waals surface area contributed by atoms with Gasteiger partial charge in [-0.1, -0.05) is 26.0 Å². The van der Waals surface area contributed by atoms with Crippen LogP contribution < -0.4 is 10.5 Å². The lowest BCUT2D eigenvalue weighted by atomic mass is 9.97. The molecule has 0 bridgehead atoms. The second-order valence-electron chi connectivity index (χ2n) is 5.27. The maximum atomic E-state index is 6.13. The highest BCUT2D eigenvalue weighted by molar-refractivity contribution is 5.40. The summed E-state index contributed by atoms with van der Waals surface area (Å²) in [4.78, 5) is 0. The summed E-state index contributed by atoms with van der Waals surface area (Å²) in [6.07, 6.45) is 3.28. The van der Waals surface area contributed by atoms with E-state index in [0.717, 1.165) is 25.0 Å². The number of rotatable bonds is 4. The van der Waals surface area contributed by atoms with Crippen molar-refractivity contribution >= 4 is 0 Å². The van der Waals surface area contributed by atoms with E-state index in [1.54, 1.807) is 7.11 Å². The van der Waals surface area contributed by atoms with Crippen LogP contribution in [0.25, 0.3) is 0 Å². The summed E-state index contributed by atoms with van der Waals surface area (Å²) in [6, 6.07) is 6.50. The number of hydrogen-bond donors (Lipinski definition) is 1.